The van der Waals surface area contributed by atoms with Gasteiger partial charge in [0.1, 0.15) is 5.01 Å². The van der Waals surface area contributed by atoms with Crippen LogP contribution in [0.15, 0.2) is 34.8 Å². The molecule has 2 rings (SSSR count). The first-order valence-corrected chi connectivity index (χ1v) is 5.10. The molecule has 2 heterocycles. The molecule has 0 aliphatic carbocycles. The maximum absolute atomic E-state index is 4.27. The number of aryl methyl sites for hydroxylation is 1. The molecule has 2 aromatic rings. The van der Waals surface area contributed by atoms with Crippen LogP contribution in [0.3, 0.4) is 0 Å². The summed E-state index contributed by atoms with van der Waals surface area (Å²) in [5.74, 6) is 0.709. The van der Waals surface area contributed by atoms with Crippen LogP contribution in [-0.2, 0) is 0 Å². The maximum atomic E-state index is 4.27. The summed E-state index contributed by atoms with van der Waals surface area (Å²) in [6, 6.07) is 5.64. The summed E-state index contributed by atoms with van der Waals surface area (Å²) in [4.78, 5) is 12.5. The number of hydrogen-bond acceptors (Lipinski definition) is 4. The Labute approximate surface area is 86.2 Å². The maximum Gasteiger partial charge on any atom is 0.151 e. The van der Waals surface area contributed by atoms with Gasteiger partial charge in [0.25, 0.3) is 0 Å². The fourth-order valence-electron chi connectivity index (χ4n) is 0.983. The zero-order valence-electron chi connectivity index (χ0n) is 7.71. The molecule has 0 radical (unpaired) electrons. The van der Waals surface area contributed by atoms with E-state index in [-0.39, 0.29) is 0 Å². The molecule has 70 valence electrons. The molecule has 2 aromatic heterocycles. The monoisotopic (exact) mass is 203 g/mol. The highest BCUT2D eigenvalue weighted by Gasteiger charge is 1.93. The Morgan fingerprint density at radius 3 is 3.00 bits per heavy atom. The largest absolute Gasteiger partial charge is 0.240 e. The van der Waals surface area contributed by atoms with Crippen LogP contribution in [0.2, 0.25) is 0 Å². The van der Waals surface area contributed by atoms with Gasteiger partial charge in [0.2, 0.25) is 0 Å². The molecule has 0 fully saturated rings. The van der Waals surface area contributed by atoms with E-state index in [0.717, 1.165) is 10.7 Å². The predicted molar refractivity (Wildman–Crippen MR) is 58.3 cm³/mol. The lowest BCUT2D eigenvalue weighted by Crippen LogP contribution is -1.79. The number of hydrogen-bond donors (Lipinski definition) is 0. The van der Waals surface area contributed by atoms with Crippen molar-refractivity contribution in [2.45, 2.75) is 6.92 Å². The van der Waals surface area contributed by atoms with Gasteiger partial charge in [-0.3, -0.25) is 0 Å². The van der Waals surface area contributed by atoms with E-state index in [1.807, 2.05) is 30.5 Å². The van der Waals surface area contributed by atoms with E-state index >= 15 is 0 Å². The summed E-state index contributed by atoms with van der Waals surface area (Å²) in [5, 5.41) is 2.91. The van der Waals surface area contributed by atoms with E-state index in [2.05, 4.69) is 15.0 Å². The quantitative estimate of drug-likeness (QED) is 0.703. The number of aliphatic imine (C=N–C) groups is 1. The van der Waals surface area contributed by atoms with Crippen molar-refractivity contribution in [3.8, 4) is 0 Å². The molecule has 14 heavy (non-hydrogen) atoms. The second kappa shape index (κ2) is 4.11. The summed E-state index contributed by atoms with van der Waals surface area (Å²) in [7, 11) is 0. The third-order valence-corrected chi connectivity index (χ3v) is 2.49. The van der Waals surface area contributed by atoms with Gasteiger partial charge in [-0.1, -0.05) is 6.07 Å². The number of rotatable bonds is 2. The van der Waals surface area contributed by atoms with E-state index < -0.39 is 0 Å². The van der Waals surface area contributed by atoms with Crippen LogP contribution < -0.4 is 0 Å². The summed E-state index contributed by atoms with van der Waals surface area (Å²) in [6.07, 6.45) is 3.46. The Kier molecular flexibility index (Phi) is 2.65. The zero-order chi connectivity index (χ0) is 9.80. The molecular formula is C10H9N3S. The first kappa shape index (κ1) is 9.02. The van der Waals surface area contributed by atoms with Gasteiger partial charge in [-0.15, -0.1) is 11.3 Å². The van der Waals surface area contributed by atoms with Gasteiger partial charge >= 0.3 is 0 Å². The Morgan fingerprint density at radius 2 is 2.36 bits per heavy atom. The van der Waals surface area contributed by atoms with Crippen LogP contribution >= 0.6 is 11.3 Å². The van der Waals surface area contributed by atoms with Crippen molar-refractivity contribution in [2.24, 2.45) is 4.99 Å². The Hall–Kier alpha value is -1.55. The highest BCUT2D eigenvalue weighted by Crippen LogP contribution is 2.09. The summed E-state index contributed by atoms with van der Waals surface area (Å²) >= 11 is 1.58. The first-order valence-electron chi connectivity index (χ1n) is 4.22. The van der Waals surface area contributed by atoms with Crippen molar-refractivity contribution in [3.63, 3.8) is 0 Å². The zero-order valence-corrected chi connectivity index (χ0v) is 8.53. The van der Waals surface area contributed by atoms with Crippen LogP contribution in [0, 0.1) is 6.92 Å². The minimum absolute atomic E-state index is 0.709. The fourth-order valence-corrected chi connectivity index (χ4v) is 1.64. The van der Waals surface area contributed by atoms with Crippen LogP contribution in [-0.4, -0.2) is 16.2 Å². The molecule has 3 nitrogen and oxygen atoms in total. The molecule has 0 unspecified atom stereocenters. The van der Waals surface area contributed by atoms with Crippen molar-refractivity contribution in [1.82, 2.24) is 9.97 Å². The minimum Gasteiger partial charge on any atom is -0.240 e. The summed E-state index contributed by atoms with van der Waals surface area (Å²) in [6.45, 7) is 1.97. The molecule has 0 saturated carbocycles. The second-order valence-corrected chi connectivity index (χ2v) is 3.66. The fraction of sp³-hybridized carbons (Fsp3) is 0.100. The SMILES string of the molecule is Cc1csc(/C=N/c2ccccn2)n1. The standard InChI is InChI=1S/C10H9N3S/c1-8-7-14-10(13-8)6-12-9-4-2-3-5-11-9/h2-7H,1H3/b12-6+. The average molecular weight is 203 g/mol. The molecule has 0 aliphatic rings. The first-order chi connectivity index (χ1) is 6.84. The highest BCUT2D eigenvalue weighted by atomic mass is 32.1. The molecule has 0 atom stereocenters. The average Bonchev–Trinajstić information content (AvgIpc) is 2.63. The molecule has 0 amide bonds. The smallest absolute Gasteiger partial charge is 0.151 e. The van der Waals surface area contributed by atoms with Crippen molar-refractivity contribution in [3.05, 3.63) is 40.5 Å². The van der Waals surface area contributed by atoms with E-state index in [4.69, 9.17) is 0 Å². The lowest BCUT2D eigenvalue weighted by atomic mass is 10.5. The van der Waals surface area contributed by atoms with Crippen LogP contribution in [0.5, 0.6) is 0 Å². The van der Waals surface area contributed by atoms with Crippen LogP contribution in [0.1, 0.15) is 10.7 Å². The normalized spacial score (nSPS) is 10.9. The number of pyridine rings is 1. The third kappa shape index (κ3) is 2.23. The van der Waals surface area contributed by atoms with Gasteiger partial charge in [0.05, 0.1) is 6.21 Å². The van der Waals surface area contributed by atoms with Gasteiger partial charge in [-0.2, -0.15) is 0 Å². The number of nitrogens with zero attached hydrogens (tertiary/aromatic N) is 3. The Balaban J connectivity index is 2.15. The van der Waals surface area contributed by atoms with Crippen molar-refractivity contribution < 1.29 is 0 Å². The predicted octanol–water partition coefficient (Wildman–Crippen LogP) is 2.60. The number of thiazole rings is 1. The lowest BCUT2D eigenvalue weighted by Gasteiger charge is -1.88. The van der Waals surface area contributed by atoms with Gasteiger partial charge < -0.3 is 0 Å². The second-order valence-electron chi connectivity index (χ2n) is 2.77. The van der Waals surface area contributed by atoms with E-state index in [0.29, 0.717) is 5.82 Å². The molecule has 0 aliphatic heterocycles. The van der Waals surface area contributed by atoms with Crippen molar-refractivity contribution in [1.29, 1.82) is 0 Å². The topological polar surface area (TPSA) is 38.1 Å². The minimum atomic E-state index is 0.709. The third-order valence-electron chi connectivity index (χ3n) is 1.59. The van der Waals surface area contributed by atoms with Gasteiger partial charge in [-0.25, -0.2) is 15.0 Å². The highest BCUT2D eigenvalue weighted by molar-refractivity contribution is 7.11. The molecule has 0 aromatic carbocycles. The van der Waals surface area contributed by atoms with E-state index in [1.54, 1.807) is 23.7 Å². The Bertz CT molecular complexity index is 434. The molecule has 4 heteroatoms. The van der Waals surface area contributed by atoms with E-state index in [9.17, 15) is 0 Å². The van der Waals surface area contributed by atoms with Gasteiger partial charge in [0.15, 0.2) is 5.82 Å². The van der Waals surface area contributed by atoms with Gasteiger partial charge in [-0.05, 0) is 19.1 Å². The molecule has 0 N–H and O–H groups in total. The van der Waals surface area contributed by atoms with Crippen LogP contribution in [0.4, 0.5) is 5.82 Å². The van der Waals surface area contributed by atoms with Crippen LogP contribution in [0.25, 0.3) is 0 Å². The van der Waals surface area contributed by atoms with Gasteiger partial charge in [0, 0.05) is 17.3 Å². The molecule has 0 saturated heterocycles. The summed E-state index contributed by atoms with van der Waals surface area (Å²) in [5.41, 5.74) is 1.03. The van der Waals surface area contributed by atoms with Crippen molar-refractivity contribution in [2.75, 3.05) is 0 Å². The molecule has 0 spiro atoms. The van der Waals surface area contributed by atoms with E-state index in [1.165, 1.54) is 0 Å². The molecule has 0 bridgehead atoms. The molecular weight excluding hydrogens is 194 g/mol. The lowest BCUT2D eigenvalue weighted by molar-refractivity contribution is 1.24. The summed E-state index contributed by atoms with van der Waals surface area (Å²) < 4.78 is 0. The Morgan fingerprint density at radius 1 is 1.43 bits per heavy atom. The van der Waals surface area contributed by atoms with Crippen molar-refractivity contribution >= 4 is 23.4 Å². The number of aromatic nitrogens is 2.